The highest BCUT2D eigenvalue weighted by Gasteiger charge is 2.56. The topological polar surface area (TPSA) is 584 Å². The maximum absolute atomic E-state index is 14.6. The van der Waals surface area contributed by atoms with Crippen LogP contribution >= 0.6 is 0 Å². The smallest absolute Gasteiger partial charge is 0.333 e. The molecule has 116 heavy (non-hydrogen) atoms. The van der Waals surface area contributed by atoms with Crippen LogP contribution < -0.4 is 11.5 Å². The second kappa shape index (κ2) is 44.8. The number of fused-ring (bicyclic) bond motifs is 2. The summed E-state index contributed by atoms with van der Waals surface area (Å²) in [7, 11) is 0. The number of carbonyl (C=O) groups is 1. The first-order chi connectivity index (χ1) is 54.3. The minimum atomic E-state index is -2.76. The second-order valence-corrected chi connectivity index (χ2v) is 34.7. The molecule has 0 aromatic rings. The molecule has 7 heterocycles. The molecule has 0 unspecified atom stereocenters. The lowest BCUT2D eigenvalue weighted by Gasteiger charge is -2.49. The van der Waals surface area contributed by atoms with Crippen LogP contribution in [0.5, 0.6) is 0 Å². The van der Waals surface area contributed by atoms with Gasteiger partial charge in [-0.3, -0.25) is 0 Å². The first-order valence-electron chi connectivity index (χ1n) is 41.9. The lowest BCUT2D eigenvalue weighted by molar-refractivity contribution is -0.413. The van der Waals surface area contributed by atoms with Crippen LogP contribution in [-0.2, 0) is 61.6 Å². The van der Waals surface area contributed by atoms with E-state index in [0.29, 0.717) is 19.3 Å². The molecule has 2 bridgehead atoms. The van der Waals surface area contributed by atoms with E-state index in [0.717, 1.165) is 0 Å². The summed E-state index contributed by atoms with van der Waals surface area (Å²) in [5.41, 5.74) is 12.1. The van der Waals surface area contributed by atoms with E-state index in [9.17, 15) is 107 Å². The van der Waals surface area contributed by atoms with E-state index in [1.165, 1.54) is 39.8 Å². The Balaban J connectivity index is 1.22. The van der Waals surface area contributed by atoms with Crippen LogP contribution in [-0.4, -0.2) is 341 Å². The van der Waals surface area contributed by atoms with Crippen molar-refractivity contribution in [3.63, 3.8) is 0 Å². The van der Waals surface area contributed by atoms with Gasteiger partial charge in [0.25, 0.3) is 0 Å². The van der Waals surface area contributed by atoms with Gasteiger partial charge in [0, 0.05) is 97.6 Å². The van der Waals surface area contributed by atoms with Gasteiger partial charge in [-0.1, -0.05) is 93.0 Å². The highest BCUT2D eigenvalue weighted by molar-refractivity contribution is 5.88. The van der Waals surface area contributed by atoms with Gasteiger partial charge in [0.15, 0.2) is 43.5 Å². The van der Waals surface area contributed by atoms with Gasteiger partial charge in [0.05, 0.1) is 116 Å². The van der Waals surface area contributed by atoms with Gasteiger partial charge in [0.2, 0.25) is 0 Å². The summed E-state index contributed by atoms with van der Waals surface area (Å²) < 4.78 is 74.7. The monoisotopic (exact) mass is 1670 g/mol. The minimum Gasteiger partial charge on any atom is -0.458 e. The van der Waals surface area contributed by atoms with Crippen molar-refractivity contribution in [2.75, 3.05) is 6.61 Å². The van der Waals surface area contributed by atoms with Crippen molar-refractivity contribution < 1.29 is 164 Å². The molecule has 676 valence electrons. The molecule has 0 radical (unpaired) electrons. The van der Waals surface area contributed by atoms with E-state index in [-0.39, 0.29) is 68.9 Å². The number of esters is 1. The number of aliphatic hydroxyl groups is 20. The molecule has 24 N–H and O–H groups in total. The summed E-state index contributed by atoms with van der Waals surface area (Å²) in [4.78, 5) is 14.6. The molecule has 7 aliphatic rings. The van der Waals surface area contributed by atoms with Gasteiger partial charge < -0.3 is 170 Å². The molecule has 44 atom stereocenters. The maximum atomic E-state index is 14.6. The molecule has 35 heteroatoms. The normalized spacial score (nSPS) is 47.6. The lowest BCUT2D eigenvalue weighted by atomic mass is 9.82. The predicted molar refractivity (Wildman–Crippen MR) is 412 cm³/mol. The van der Waals surface area contributed by atoms with Gasteiger partial charge in [-0.15, -0.1) is 0 Å². The standard InChI is InChI=1S/C81H144N2O33/c1-15-18-55(108-61-33-80(14,83)73(101)44(13)106-61)39(8)63(92)45(16-2)22-25-51(87)38(7)56-26-20-36(5)62(91)40(9)57(110-78-71(100)69(98)67(96)59(34-84)112-78)31-53(89)37(6)52(88)28-49-29-54(90)74(102)81(104,116-49)32-58(35(4)19-23-47(85)27-48(86)24-21-46(17-3)75(103)109-56)111-76-41(10)64(93)72(113-60-30-50(82)65(94)42(11)105-60)79(114-76)115-77-70(99)68(97)66(95)43(12)107-77/h20-22,25,35,37-45,47-74,76-79,84-102,104H,15-19,23-24,26-34,82-83H2,1-14H3/b25-22+,36-20+,46-21+/t35-,37-,38+,39+,40-,41+,42+,43+,44-,45+,47+,48-,49+,50+,51-,52-,53+,54-,55+,56-,57+,58-,59+,60-,61-,62+,63+,64+,65+,66+,67+,68-,69-,70+,71-,72-,73-,74+,76-,77-,78+,79+,80-,81-/m0/s1. The molecule has 0 aliphatic carbocycles. The van der Waals surface area contributed by atoms with E-state index in [1.807, 2.05) is 20.8 Å². The van der Waals surface area contributed by atoms with Gasteiger partial charge in [0.1, 0.15) is 61.0 Å². The fraction of sp³-hybridized carbons (Fsp3) is 0.914. The highest BCUT2D eigenvalue weighted by atomic mass is 16.8. The minimum absolute atomic E-state index is 0.0163. The summed E-state index contributed by atoms with van der Waals surface area (Å²) >= 11 is 0. The Labute approximate surface area is 681 Å². The van der Waals surface area contributed by atoms with Crippen LogP contribution in [0.1, 0.15) is 193 Å². The zero-order valence-electron chi connectivity index (χ0n) is 69.8. The first-order valence-corrected chi connectivity index (χ1v) is 41.9. The van der Waals surface area contributed by atoms with E-state index in [2.05, 4.69) is 0 Å². The Morgan fingerprint density at radius 3 is 1.83 bits per heavy atom. The van der Waals surface area contributed by atoms with E-state index in [1.54, 1.807) is 60.6 Å². The third kappa shape index (κ3) is 25.8. The Hall–Kier alpha value is -2.63. The molecule has 7 aliphatic heterocycles. The van der Waals surface area contributed by atoms with Crippen LogP contribution in [0.15, 0.2) is 35.5 Å². The van der Waals surface area contributed by atoms with Crippen molar-refractivity contribution in [1.29, 1.82) is 0 Å². The SMILES string of the molecule is CCC[C@@H](O[C@H]1C[C@](C)(N)[C@@H](O)[C@H](C)O1)[C@@H](C)[C@@H](O)[C@@H](/C=C/[C@H](O)[C@@H](C)[C@@H]1C/C=C(\C)[C@@H](O)[C@@H](C)[C@H](O[C@@H]2O[C@H](CO)[C@@H](O)[C@H](O)[C@@H]2O)C[C@@H](O)[C@@H](C)[C@@H](O)C[C@@H]2C[C@H](O)[C@@H](O)[C@](O)(C[C@H](O[C@H]3O[C@H](O[C@@H]4O[C@H](C)[C@@H](O)[C@H](O)[C@H]4O)[C@@H](O[C@H]4C[C@@H](N)[C@H](O)[C@@H](C)O4)[C@H](O)[C@H]3C)[C@@H](C)CC[C@@H](O)C[C@@H](O)C/C=C(\CC)C(=O)O1)O2)CC. The molecule has 7 rings (SSSR count). The maximum Gasteiger partial charge on any atom is 0.333 e. The number of ether oxygens (including phenoxy) is 12. The summed E-state index contributed by atoms with van der Waals surface area (Å²) in [5, 5.41) is 230. The van der Waals surface area contributed by atoms with E-state index >= 15 is 0 Å². The number of hydrogen-bond donors (Lipinski definition) is 22. The summed E-state index contributed by atoms with van der Waals surface area (Å²) in [6.45, 7) is 22.3. The van der Waals surface area contributed by atoms with E-state index in [4.69, 9.17) is 68.3 Å². The molecule has 0 aromatic carbocycles. The van der Waals surface area contributed by atoms with Crippen LogP contribution in [0.4, 0.5) is 0 Å². The Morgan fingerprint density at radius 1 is 0.595 bits per heavy atom. The van der Waals surface area contributed by atoms with Crippen molar-refractivity contribution in [3.05, 3.63) is 35.5 Å². The summed E-state index contributed by atoms with van der Waals surface area (Å²) in [6.07, 6.45) is -42.6. The summed E-state index contributed by atoms with van der Waals surface area (Å²) in [5.74, 6) is -9.75. The number of aliphatic hydroxyl groups excluding tert-OH is 19. The number of carbonyl (C=O) groups excluding carboxylic acids is 1. The van der Waals surface area contributed by atoms with Crippen LogP contribution in [0.2, 0.25) is 0 Å². The predicted octanol–water partition coefficient (Wildman–Crippen LogP) is -1.50. The average Bonchev–Trinajstić information content (AvgIpc) is 0.775. The molecule has 35 nitrogen and oxygen atoms in total. The lowest BCUT2D eigenvalue weighted by Crippen LogP contribution is -2.63. The fourth-order valence-electron chi connectivity index (χ4n) is 16.8. The molecular weight excluding hydrogens is 1530 g/mol. The van der Waals surface area contributed by atoms with Crippen molar-refractivity contribution in [3.8, 4) is 0 Å². The van der Waals surface area contributed by atoms with Crippen molar-refractivity contribution in [1.82, 2.24) is 0 Å². The van der Waals surface area contributed by atoms with Crippen molar-refractivity contribution >= 4 is 5.97 Å². The third-order valence-corrected chi connectivity index (χ3v) is 25.4. The van der Waals surface area contributed by atoms with Crippen LogP contribution in [0.25, 0.3) is 0 Å². The molecule has 0 aromatic heterocycles. The van der Waals surface area contributed by atoms with Crippen molar-refractivity contribution in [2.24, 2.45) is 52.9 Å². The fourth-order valence-corrected chi connectivity index (χ4v) is 16.8. The zero-order chi connectivity index (χ0) is 86.6. The number of rotatable bonds is 22. The highest BCUT2D eigenvalue weighted by Crippen LogP contribution is 2.43. The average molecular weight is 1670 g/mol. The first kappa shape index (κ1) is 100. The van der Waals surface area contributed by atoms with Crippen molar-refractivity contribution in [2.45, 2.75) is 419 Å². The number of nitrogens with two attached hydrogens (primary N) is 2. The second-order valence-electron chi connectivity index (χ2n) is 34.7. The molecule has 0 saturated carbocycles. The van der Waals surface area contributed by atoms with E-state index < -0.39 is 299 Å². The van der Waals surface area contributed by atoms with Crippen LogP contribution in [0, 0.1) is 41.4 Å². The third-order valence-electron chi connectivity index (χ3n) is 25.4. The van der Waals surface area contributed by atoms with Gasteiger partial charge in [-0.05, 0) is 91.1 Å². The summed E-state index contributed by atoms with van der Waals surface area (Å²) in [6, 6.07) is -0.846. The van der Waals surface area contributed by atoms with Crippen LogP contribution in [0.3, 0.4) is 0 Å². The Kier molecular flexibility index (Phi) is 38.8. The molecule has 6 fully saturated rings. The zero-order valence-corrected chi connectivity index (χ0v) is 69.8. The molecular formula is C81H144N2O33. The quantitative estimate of drug-likeness (QED) is 0.0433. The Morgan fingerprint density at radius 2 is 1.21 bits per heavy atom. The number of cyclic esters (lactones) is 1. The molecule has 0 spiro atoms. The van der Waals surface area contributed by atoms with Gasteiger partial charge in [-0.2, -0.15) is 0 Å². The van der Waals surface area contributed by atoms with Gasteiger partial charge in [-0.25, -0.2) is 4.79 Å². The molecule has 0 amide bonds. The molecule has 6 saturated heterocycles. The number of hydrogen-bond acceptors (Lipinski definition) is 35. The van der Waals surface area contributed by atoms with Gasteiger partial charge >= 0.3 is 5.97 Å². The Bertz CT molecular complexity index is 3010. The largest absolute Gasteiger partial charge is 0.458 e.